The lowest BCUT2D eigenvalue weighted by molar-refractivity contribution is -0.130. The van der Waals surface area contributed by atoms with Crippen molar-refractivity contribution in [3.05, 3.63) is 0 Å². The van der Waals surface area contributed by atoms with Gasteiger partial charge in [0.2, 0.25) is 11.8 Å². The Bertz CT molecular complexity index is 284. The zero-order chi connectivity index (χ0) is 14.3. The second-order valence-electron chi connectivity index (χ2n) is 5.72. The third kappa shape index (κ3) is 7.27. The highest BCUT2D eigenvalue weighted by Crippen LogP contribution is 2.01. The van der Waals surface area contributed by atoms with E-state index in [9.17, 15) is 9.59 Å². The van der Waals surface area contributed by atoms with Gasteiger partial charge < -0.3 is 16.4 Å². The minimum atomic E-state index is -0.565. The standard InChI is InChI=1S/C13H27N3O2/c1-6-7-8-10(14)12(18)15-9(2)11(17)16-13(3,4)5/h9-10H,6-8,14H2,1-5H3,(H,15,18)(H,16,17)/t9?,10-/m0/s1. The predicted octanol–water partition coefficient (Wildman–Crippen LogP) is 0.923. The van der Waals surface area contributed by atoms with E-state index in [1.165, 1.54) is 0 Å². The van der Waals surface area contributed by atoms with Crippen LogP contribution in [0.1, 0.15) is 53.9 Å². The first-order chi connectivity index (χ1) is 8.17. The maximum atomic E-state index is 11.8. The number of hydrogen-bond acceptors (Lipinski definition) is 3. The Kier molecular flexibility index (Phi) is 6.91. The van der Waals surface area contributed by atoms with E-state index < -0.39 is 12.1 Å². The highest BCUT2D eigenvalue weighted by molar-refractivity contribution is 5.89. The topological polar surface area (TPSA) is 84.2 Å². The van der Waals surface area contributed by atoms with Crippen LogP contribution in [0.2, 0.25) is 0 Å². The molecule has 0 spiro atoms. The van der Waals surface area contributed by atoms with Crippen LogP contribution in [0.15, 0.2) is 0 Å². The molecule has 0 aliphatic rings. The monoisotopic (exact) mass is 257 g/mol. The van der Waals surface area contributed by atoms with Crippen molar-refractivity contribution in [2.75, 3.05) is 0 Å². The number of carbonyl (C=O) groups is 2. The fourth-order valence-corrected chi connectivity index (χ4v) is 1.42. The molecule has 5 heteroatoms. The molecule has 18 heavy (non-hydrogen) atoms. The third-order valence-electron chi connectivity index (χ3n) is 2.46. The predicted molar refractivity (Wildman–Crippen MR) is 73.0 cm³/mol. The first-order valence-electron chi connectivity index (χ1n) is 6.55. The van der Waals surface area contributed by atoms with Gasteiger partial charge in [0.05, 0.1) is 6.04 Å². The molecule has 0 aromatic heterocycles. The van der Waals surface area contributed by atoms with Crippen molar-refractivity contribution in [2.24, 2.45) is 5.73 Å². The van der Waals surface area contributed by atoms with E-state index in [0.29, 0.717) is 6.42 Å². The molecule has 0 saturated heterocycles. The Morgan fingerprint density at radius 2 is 1.78 bits per heavy atom. The van der Waals surface area contributed by atoms with Gasteiger partial charge in [-0.1, -0.05) is 19.8 Å². The van der Waals surface area contributed by atoms with Gasteiger partial charge in [-0.05, 0) is 34.1 Å². The molecule has 0 fully saturated rings. The molecule has 0 aromatic rings. The van der Waals surface area contributed by atoms with Gasteiger partial charge >= 0.3 is 0 Å². The Hall–Kier alpha value is -1.10. The van der Waals surface area contributed by atoms with Crippen LogP contribution < -0.4 is 16.4 Å². The van der Waals surface area contributed by atoms with Crippen molar-refractivity contribution in [1.82, 2.24) is 10.6 Å². The first kappa shape index (κ1) is 16.9. The number of rotatable bonds is 6. The first-order valence-corrected chi connectivity index (χ1v) is 6.55. The summed E-state index contributed by atoms with van der Waals surface area (Å²) in [7, 11) is 0. The summed E-state index contributed by atoms with van der Waals surface area (Å²) < 4.78 is 0. The van der Waals surface area contributed by atoms with Crippen molar-refractivity contribution in [2.45, 2.75) is 71.5 Å². The summed E-state index contributed by atoms with van der Waals surface area (Å²) in [5.74, 6) is -0.460. The summed E-state index contributed by atoms with van der Waals surface area (Å²) in [6.07, 6.45) is 2.56. The molecular weight excluding hydrogens is 230 g/mol. The SMILES string of the molecule is CCCC[C@H](N)C(=O)NC(C)C(=O)NC(C)(C)C. The van der Waals surface area contributed by atoms with Gasteiger partial charge in [0, 0.05) is 5.54 Å². The van der Waals surface area contributed by atoms with Crippen LogP contribution in [-0.2, 0) is 9.59 Å². The summed E-state index contributed by atoms with van der Waals surface area (Å²) in [5.41, 5.74) is 5.43. The zero-order valence-electron chi connectivity index (χ0n) is 12.2. The quantitative estimate of drug-likeness (QED) is 0.661. The number of nitrogens with two attached hydrogens (primary N) is 1. The van der Waals surface area contributed by atoms with Gasteiger partial charge in [-0.2, -0.15) is 0 Å². The molecule has 2 atom stereocenters. The normalized spacial score (nSPS) is 14.8. The maximum absolute atomic E-state index is 11.8. The van der Waals surface area contributed by atoms with Gasteiger partial charge in [0.15, 0.2) is 0 Å². The van der Waals surface area contributed by atoms with E-state index in [2.05, 4.69) is 10.6 Å². The van der Waals surface area contributed by atoms with Gasteiger partial charge in [-0.3, -0.25) is 9.59 Å². The van der Waals surface area contributed by atoms with Crippen LogP contribution in [0.5, 0.6) is 0 Å². The van der Waals surface area contributed by atoms with Crippen LogP contribution >= 0.6 is 0 Å². The Morgan fingerprint density at radius 3 is 2.22 bits per heavy atom. The summed E-state index contributed by atoms with van der Waals surface area (Å²) in [4.78, 5) is 23.5. The molecule has 0 radical (unpaired) electrons. The molecule has 2 amide bonds. The molecule has 0 heterocycles. The highest BCUT2D eigenvalue weighted by Gasteiger charge is 2.22. The molecule has 0 bridgehead atoms. The lowest BCUT2D eigenvalue weighted by Crippen LogP contribution is -2.53. The number of unbranched alkanes of at least 4 members (excludes halogenated alkanes) is 1. The molecule has 5 nitrogen and oxygen atoms in total. The minimum absolute atomic E-state index is 0.196. The number of carbonyl (C=O) groups excluding carboxylic acids is 2. The van der Waals surface area contributed by atoms with Crippen molar-refractivity contribution in [3.8, 4) is 0 Å². The van der Waals surface area contributed by atoms with E-state index in [-0.39, 0.29) is 17.4 Å². The second-order valence-corrected chi connectivity index (χ2v) is 5.72. The molecule has 106 valence electrons. The molecule has 0 saturated carbocycles. The fraction of sp³-hybridized carbons (Fsp3) is 0.846. The second kappa shape index (κ2) is 7.36. The molecule has 0 aliphatic carbocycles. The van der Waals surface area contributed by atoms with E-state index in [1.54, 1.807) is 6.92 Å². The third-order valence-corrected chi connectivity index (χ3v) is 2.46. The van der Waals surface area contributed by atoms with Crippen molar-refractivity contribution >= 4 is 11.8 Å². The van der Waals surface area contributed by atoms with Crippen LogP contribution in [0.3, 0.4) is 0 Å². The van der Waals surface area contributed by atoms with E-state index in [1.807, 2.05) is 27.7 Å². The Balaban J connectivity index is 4.18. The molecule has 0 aliphatic heterocycles. The lowest BCUT2D eigenvalue weighted by Gasteiger charge is -2.24. The smallest absolute Gasteiger partial charge is 0.242 e. The Labute approximate surface area is 110 Å². The van der Waals surface area contributed by atoms with Crippen LogP contribution in [-0.4, -0.2) is 29.4 Å². The van der Waals surface area contributed by atoms with Gasteiger partial charge in [0.25, 0.3) is 0 Å². The Morgan fingerprint density at radius 1 is 1.22 bits per heavy atom. The van der Waals surface area contributed by atoms with E-state index in [0.717, 1.165) is 12.8 Å². The largest absolute Gasteiger partial charge is 0.350 e. The summed E-state index contributed by atoms with van der Waals surface area (Å²) in [6, 6.07) is -1.10. The van der Waals surface area contributed by atoms with Gasteiger partial charge in [-0.15, -0.1) is 0 Å². The molecule has 0 rings (SSSR count). The summed E-state index contributed by atoms with van der Waals surface area (Å²) >= 11 is 0. The summed E-state index contributed by atoms with van der Waals surface area (Å²) in [5, 5.41) is 5.45. The summed E-state index contributed by atoms with van der Waals surface area (Å²) in [6.45, 7) is 9.39. The van der Waals surface area contributed by atoms with Crippen molar-refractivity contribution in [1.29, 1.82) is 0 Å². The maximum Gasteiger partial charge on any atom is 0.242 e. The van der Waals surface area contributed by atoms with Crippen molar-refractivity contribution in [3.63, 3.8) is 0 Å². The number of nitrogens with one attached hydrogen (secondary N) is 2. The number of amides is 2. The average Bonchev–Trinajstić information content (AvgIpc) is 2.23. The van der Waals surface area contributed by atoms with E-state index in [4.69, 9.17) is 5.73 Å². The highest BCUT2D eigenvalue weighted by atomic mass is 16.2. The van der Waals surface area contributed by atoms with Crippen LogP contribution in [0, 0.1) is 0 Å². The van der Waals surface area contributed by atoms with Gasteiger partial charge in [-0.25, -0.2) is 0 Å². The minimum Gasteiger partial charge on any atom is -0.350 e. The molecule has 0 aromatic carbocycles. The zero-order valence-corrected chi connectivity index (χ0v) is 12.2. The van der Waals surface area contributed by atoms with Crippen molar-refractivity contribution < 1.29 is 9.59 Å². The average molecular weight is 257 g/mol. The van der Waals surface area contributed by atoms with Crippen LogP contribution in [0.4, 0.5) is 0 Å². The molecular formula is C13H27N3O2. The number of hydrogen-bond donors (Lipinski definition) is 3. The lowest BCUT2D eigenvalue weighted by atomic mass is 10.1. The van der Waals surface area contributed by atoms with Crippen LogP contribution in [0.25, 0.3) is 0 Å². The molecule has 4 N–H and O–H groups in total. The van der Waals surface area contributed by atoms with E-state index >= 15 is 0 Å². The fourth-order valence-electron chi connectivity index (χ4n) is 1.42. The van der Waals surface area contributed by atoms with Gasteiger partial charge in [0.1, 0.15) is 6.04 Å². The molecule has 1 unspecified atom stereocenters.